The SMILES string of the molecule is CC(C)C1=CCC2C(=C1)CCC1C(C)(C(N)=O)CCCC21C. The van der Waals surface area contributed by atoms with Gasteiger partial charge >= 0.3 is 0 Å². The predicted molar refractivity (Wildman–Crippen MR) is 91.1 cm³/mol. The van der Waals surface area contributed by atoms with Crippen LogP contribution in [0.3, 0.4) is 0 Å². The molecule has 4 unspecified atom stereocenters. The summed E-state index contributed by atoms with van der Waals surface area (Å²) < 4.78 is 0. The van der Waals surface area contributed by atoms with Gasteiger partial charge in [-0.2, -0.15) is 0 Å². The number of allylic oxidation sites excluding steroid dienone is 4. The molecule has 0 aromatic heterocycles. The first-order chi connectivity index (χ1) is 10.3. The number of primary amides is 1. The first kappa shape index (κ1) is 15.8. The lowest BCUT2D eigenvalue weighted by atomic mass is 9.46. The van der Waals surface area contributed by atoms with E-state index in [2.05, 4.69) is 39.8 Å². The summed E-state index contributed by atoms with van der Waals surface area (Å²) in [4.78, 5) is 12.2. The first-order valence-corrected chi connectivity index (χ1v) is 8.99. The lowest BCUT2D eigenvalue weighted by Gasteiger charge is -2.58. The highest BCUT2D eigenvalue weighted by Gasteiger charge is 2.56. The van der Waals surface area contributed by atoms with Crippen LogP contribution < -0.4 is 5.73 Å². The maximum atomic E-state index is 12.2. The van der Waals surface area contributed by atoms with Gasteiger partial charge < -0.3 is 5.73 Å². The molecular weight excluding hydrogens is 270 g/mol. The summed E-state index contributed by atoms with van der Waals surface area (Å²) in [5.41, 5.74) is 8.91. The molecule has 2 saturated carbocycles. The standard InChI is InChI=1S/C20H31NO/c1-13(2)14-6-8-16-15(12-14)7-9-17-19(16,3)10-5-11-20(17,4)18(21)22/h6,12-13,16-17H,5,7-11H2,1-4H3,(H2,21,22). The van der Waals surface area contributed by atoms with Crippen LogP contribution in [0.1, 0.15) is 66.2 Å². The molecule has 0 aromatic carbocycles. The van der Waals surface area contributed by atoms with E-state index in [1.807, 2.05) is 0 Å². The maximum Gasteiger partial charge on any atom is 0.223 e. The van der Waals surface area contributed by atoms with Gasteiger partial charge in [-0.15, -0.1) is 0 Å². The molecule has 2 fully saturated rings. The van der Waals surface area contributed by atoms with Gasteiger partial charge in [-0.25, -0.2) is 0 Å². The maximum absolute atomic E-state index is 12.2. The van der Waals surface area contributed by atoms with E-state index in [1.54, 1.807) is 5.57 Å². The second-order valence-electron chi connectivity index (χ2n) is 8.60. The Balaban J connectivity index is 1.95. The number of rotatable bonds is 2. The molecule has 22 heavy (non-hydrogen) atoms. The second kappa shape index (κ2) is 5.25. The van der Waals surface area contributed by atoms with Gasteiger partial charge in [-0.05, 0) is 60.8 Å². The van der Waals surface area contributed by atoms with Gasteiger partial charge in [0.15, 0.2) is 0 Å². The van der Waals surface area contributed by atoms with E-state index < -0.39 is 0 Å². The Morgan fingerprint density at radius 1 is 1.32 bits per heavy atom. The van der Waals surface area contributed by atoms with Gasteiger partial charge in [-0.3, -0.25) is 4.79 Å². The van der Waals surface area contributed by atoms with Crippen LogP contribution in [0.5, 0.6) is 0 Å². The fourth-order valence-corrected chi connectivity index (χ4v) is 5.70. The fraction of sp³-hybridized carbons (Fsp3) is 0.750. The van der Waals surface area contributed by atoms with Crippen molar-refractivity contribution in [1.82, 2.24) is 0 Å². The molecule has 1 amide bonds. The van der Waals surface area contributed by atoms with E-state index in [-0.39, 0.29) is 16.7 Å². The Labute approximate surface area is 135 Å². The molecule has 2 heteroatoms. The Bertz CT molecular complexity index is 544. The first-order valence-electron chi connectivity index (χ1n) is 8.99. The van der Waals surface area contributed by atoms with Crippen LogP contribution in [0.15, 0.2) is 23.3 Å². The van der Waals surface area contributed by atoms with Crippen molar-refractivity contribution >= 4 is 5.91 Å². The van der Waals surface area contributed by atoms with Crippen molar-refractivity contribution in [3.8, 4) is 0 Å². The number of hydrogen-bond donors (Lipinski definition) is 1. The summed E-state index contributed by atoms with van der Waals surface area (Å²) in [6.45, 7) is 9.12. The normalized spacial score (nSPS) is 41.3. The van der Waals surface area contributed by atoms with Gasteiger partial charge in [0.25, 0.3) is 0 Å². The largest absolute Gasteiger partial charge is 0.369 e. The Hall–Kier alpha value is -1.05. The van der Waals surface area contributed by atoms with E-state index >= 15 is 0 Å². The van der Waals surface area contributed by atoms with Gasteiger partial charge in [0.05, 0.1) is 0 Å². The number of hydrogen-bond acceptors (Lipinski definition) is 1. The molecule has 0 saturated heterocycles. The van der Waals surface area contributed by atoms with E-state index in [4.69, 9.17) is 5.73 Å². The third kappa shape index (κ3) is 2.18. The van der Waals surface area contributed by atoms with Crippen molar-refractivity contribution in [1.29, 1.82) is 0 Å². The molecule has 122 valence electrons. The van der Waals surface area contributed by atoms with Crippen LogP contribution in [0.25, 0.3) is 0 Å². The number of fused-ring (bicyclic) bond motifs is 3. The highest BCUT2D eigenvalue weighted by molar-refractivity contribution is 5.81. The molecule has 0 spiro atoms. The molecule has 0 bridgehead atoms. The van der Waals surface area contributed by atoms with Gasteiger partial charge in [-0.1, -0.05) is 51.8 Å². The predicted octanol–water partition coefficient (Wildman–Crippen LogP) is 4.61. The molecule has 3 rings (SSSR count). The third-order valence-corrected chi connectivity index (χ3v) is 7.11. The summed E-state index contributed by atoms with van der Waals surface area (Å²) in [7, 11) is 0. The molecule has 2 nitrogen and oxygen atoms in total. The van der Waals surface area contributed by atoms with E-state index in [0.29, 0.717) is 17.8 Å². The Morgan fingerprint density at radius 3 is 2.68 bits per heavy atom. The average molecular weight is 301 g/mol. The lowest BCUT2D eigenvalue weighted by Crippen LogP contribution is -2.55. The monoisotopic (exact) mass is 301 g/mol. The van der Waals surface area contributed by atoms with Crippen molar-refractivity contribution in [2.24, 2.45) is 34.3 Å². The van der Waals surface area contributed by atoms with Crippen molar-refractivity contribution in [2.75, 3.05) is 0 Å². The molecule has 3 aliphatic rings. The smallest absolute Gasteiger partial charge is 0.223 e. The van der Waals surface area contributed by atoms with Crippen LogP contribution in [0, 0.1) is 28.6 Å². The van der Waals surface area contributed by atoms with Crippen LogP contribution in [-0.4, -0.2) is 5.91 Å². The molecule has 2 N–H and O–H groups in total. The van der Waals surface area contributed by atoms with Crippen molar-refractivity contribution in [2.45, 2.75) is 66.2 Å². The molecule has 4 atom stereocenters. The third-order valence-electron chi connectivity index (χ3n) is 7.11. The average Bonchev–Trinajstić information content (AvgIpc) is 2.46. The summed E-state index contributed by atoms with van der Waals surface area (Å²) in [5, 5.41) is 0. The molecule has 0 heterocycles. The summed E-state index contributed by atoms with van der Waals surface area (Å²) in [6, 6.07) is 0. The minimum atomic E-state index is -0.305. The summed E-state index contributed by atoms with van der Waals surface area (Å²) in [6.07, 6.45) is 11.7. The fourth-order valence-electron chi connectivity index (χ4n) is 5.70. The topological polar surface area (TPSA) is 43.1 Å². The zero-order valence-corrected chi connectivity index (χ0v) is 14.6. The summed E-state index contributed by atoms with van der Waals surface area (Å²) in [5.74, 6) is 1.60. The molecule has 0 radical (unpaired) electrons. The van der Waals surface area contributed by atoms with Crippen LogP contribution in [0.2, 0.25) is 0 Å². The molecule has 3 aliphatic carbocycles. The van der Waals surface area contributed by atoms with Crippen LogP contribution >= 0.6 is 0 Å². The Morgan fingerprint density at radius 2 is 2.05 bits per heavy atom. The highest BCUT2D eigenvalue weighted by atomic mass is 16.1. The zero-order valence-electron chi connectivity index (χ0n) is 14.6. The highest BCUT2D eigenvalue weighted by Crippen LogP contribution is 2.62. The zero-order chi connectivity index (χ0) is 16.1. The summed E-state index contributed by atoms with van der Waals surface area (Å²) >= 11 is 0. The lowest BCUT2D eigenvalue weighted by molar-refractivity contribution is -0.142. The quantitative estimate of drug-likeness (QED) is 0.795. The molecule has 0 aromatic rings. The van der Waals surface area contributed by atoms with Crippen molar-refractivity contribution in [3.05, 3.63) is 23.3 Å². The number of amides is 1. The van der Waals surface area contributed by atoms with E-state index in [0.717, 1.165) is 32.1 Å². The minimum Gasteiger partial charge on any atom is -0.369 e. The second-order valence-corrected chi connectivity index (χ2v) is 8.60. The molecular formula is C20H31NO. The van der Waals surface area contributed by atoms with Crippen molar-refractivity contribution in [3.63, 3.8) is 0 Å². The number of carbonyl (C=O) groups is 1. The molecule has 0 aliphatic heterocycles. The minimum absolute atomic E-state index is 0.0786. The van der Waals surface area contributed by atoms with Crippen LogP contribution in [-0.2, 0) is 4.79 Å². The van der Waals surface area contributed by atoms with E-state index in [1.165, 1.54) is 12.0 Å². The van der Waals surface area contributed by atoms with Crippen LogP contribution in [0.4, 0.5) is 0 Å². The number of carbonyl (C=O) groups excluding carboxylic acids is 1. The number of nitrogens with two attached hydrogens (primary N) is 1. The van der Waals surface area contributed by atoms with E-state index in [9.17, 15) is 4.79 Å². The van der Waals surface area contributed by atoms with Gasteiger partial charge in [0, 0.05) is 5.41 Å². The van der Waals surface area contributed by atoms with Gasteiger partial charge in [0.1, 0.15) is 0 Å². The van der Waals surface area contributed by atoms with Crippen molar-refractivity contribution < 1.29 is 4.79 Å². The van der Waals surface area contributed by atoms with Gasteiger partial charge in [0.2, 0.25) is 5.91 Å². The Kier molecular flexibility index (Phi) is 3.78.